The molecule has 0 aliphatic carbocycles. The van der Waals surface area contributed by atoms with Crippen LogP contribution in [0, 0.1) is 25.2 Å². The van der Waals surface area contributed by atoms with Gasteiger partial charge in [-0.25, -0.2) is 0 Å². The predicted octanol–water partition coefficient (Wildman–Crippen LogP) is 2.37. The summed E-state index contributed by atoms with van der Waals surface area (Å²) in [6, 6.07) is 10.8. The Morgan fingerprint density at radius 3 is 2.56 bits per heavy atom. The van der Waals surface area contributed by atoms with Crippen LogP contribution >= 0.6 is 0 Å². The average molecular weight is 367 g/mol. The molecule has 1 atom stereocenters. The summed E-state index contributed by atoms with van der Waals surface area (Å²) >= 11 is 0. The highest BCUT2D eigenvalue weighted by Gasteiger charge is 2.19. The van der Waals surface area contributed by atoms with Gasteiger partial charge >= 0.3 is 5.97 Å². The van der Waals surface area contributed by atoms with Crippen molar-refractivity contribution in [2.24, 2.45) is 0 Å². The maximum Gasteiger partial charge on any atom is 0.306 e. The van der Waals surface area contributed by atoms with E-state index in [-0.39, 0.29) is 12.0 Å². The minimum atomic E-state index is -0.940. The molecular weight excluding hydrogens is 346 g/mol. The highest BCUT2D eigenvalue weighted by atomic mass is 16.5. The number of carbonyl (C=O) groups is 2. The molecule has 7 nitrogen and oxygen atoms in total. The van der Waals surface area contributed by atoms with E-state index in [1.807, 2.05) is 12.1 Å². The SMILES string of the molecule is Cc1[nH]c(=O)c(C#N)c(C)c1CCC(=O)O[C@H](C)C(=O)Nc1ccccc1. The van der Waals surface area contributed by atoms with Crippen LogP contribution in [0.25, 0.3) is 0 Å². The molecule has 2 rings (SSSR count). The number of pyridine rings is 1. The summed E-state index contributed by atoms with van der Waals surface area (Å²) in [7, 11) is 0. The van der Waals surface area contributed by atoms with E-state index in [0.717, 1.165) is 5.56 Å². The van der Waals surface area contributed by atoms with Gasteiger partial charge in [0.25, 0.3) is 11.5 Å². The Labute approximate surface area is 157 Å². The fourth-order valence-electron chi connectivity index (χ4n) is 2.72. The number of anilines is 1. The highest BCUT2D eigenvalue weighted by Crippen LogP contribution is 2.15. The van der Waals surface area contributed by atoms with Gasteiger partial charge in [-0.2, -0.15) is 5.26 Å². The van der Waals surface area contributed by atoms with Gasteiger partial charge in [0.15, 0.2) is 6.10 Å². The lowest BCUT2D eigenvalue weighted by Gasteiger charge is -2.14. The lowest BCUT2D eigenvalue weighted by Crippen LogP contribution is -2.30. The maximum atomic E-state index is 12.1. The standard InChI is InChI=1S/C20H21N3O4/c1-12-16(13(2)22-20(26)17(12)11-21)9-10-18(24)27-14(3)19(25)23-15-7-5-4-6-8-15/h4-8,14H,9-10H2,1-3H3,(H,22,26)(H,23,25)/t14-/m1/s1. The Balaban J connectivity index is 1.96. The number of aromatic amines is 1. The number of H-pyrrole nitrogens is 1. The number of hydrogen-bond donors (Lipinski definition) is 2. The van der Waals surface area contributed by atoms with Gasteiger partial charge in [0.05, 0.1) is 0 Å². The minimum absolute atomic E-state index is 0.0293. The van der Waals surface area contributed by atoms with Gasteiger partial charge in [-0.05, 0) is 50.5 Å². The first kappa shape index (κ1) is 19.9. The third-order valence-corrected chi connectivity index (χ3v) is 4.22. The van der Waals surface area contributed by atoms with Gasteiger partial charge < -0.3 is 15.0 Å². The number of hydrogen-bond acceptors (Lipinski definition) is 5. The number of amides is 1. The Kier molecular flexibility index (Phi) is 6.50. The summed E-state index contributed by atoms with van der Waals surface area (Å²) in [5, 5.41) is 11.8. The van der Waals surface area contributed by atoms with Crippen molar-refractivity contribution in [1.29, 1.82) is 5.26 Å². The molecule has 27 heavy (non-hydrogen) atoms. The van der Waals surface area contributed by atoms with Crippen molar-refractivity contribution in [1.82, 2.24) is 4.98 Å². The first-order valence-electron chi connectivity index (χ1n) is 8.51. The monoisotopic (exact) mass is 367 g/mol. The molecule has 0 spiro atoms. The number of aryl methyl sites for hydroxylation is 1. The van der Waals surface area contributed by atoms with E-state index >= 15 is 0 Å². The molecule has 0 saturated heterocycles. The van der Waals surface area contributed by atoms with Crippen molar-refractivity contribution >= 4 is 17.6 Å². The van der Waals surface area contributed by atoms with E-state index in [0.29, 0.717) is 23.4 Å². The molecule has 0 saturated carbocycles. The highest BCUT2D eigenvalue weighted by molar-refractivity contribution is 5.95. The maximum absolute atomic E-state index is 12.1. The zero-order valence-corrected chi connectivity index (χ0v) is 15.5. The first-order chi connectivity index (χ1) is 12.8. The summed E-state index contributed by atoms with van der Waals surface area (Å²) in [6.45, 7) is 4.89. The number of ether oxygens (including phenoxy) is 1. The molecule has 1 amide bonds. The molecule has 0 aliphatic rings. The van der Waals surface area contributed by atoms with Crippen LogP contribution in [-0.2, 0) is 20.7 Å². The molecule has 0 fully saturated rings. The quantitative estimate of drug-likeness (QED) is 0.761. The number of nitriles is 1. The second-order valence-electron chi connectivity index (χ2n) is 6.16. The van der Waals surface area contributed by atoms with Crippen molar-refractivity contribution in [2.45, 2.75) is 39.7 Å². The van der Waals surface area contributed by atoms with Crippen molar-refractivity contribution in [2.75, 3.05) is 5.32 Å². The lowest BCUT2D eigenvalue weighted by atomic mass is 9.99. The second kappa shape index (κ2) is 8.81. The van der Waals surface area contributed by atoms with Crippen LogP contribution in [0.2, 0.25) is 0 Å². The Morgan fingerprint density at radius 2 is 1.93 bits per heavy atom. The van der Waals surface area contributed by atoms with Crippen LogP contribution in [0.1, 0.15) is 35.7 Å². The molecule has 1 aromatic heterocycles. The molecular formula is C20H21N3O4. The third kappa shape index (κ3) is 5.05. The summed E-state index contributed by atoms with van der Waals surface area (Å²) in [5.41, 5.74) is 2.11. The number of rotatable bonds is 6. The Hall–Kier alpha value is -3.40. The molecule has 140 valence electrons. The number of nitrogens with zero attached hydrogens (tertiary/aromatic N) is 1. The number of esters is 1. The topological polar surface area (TPSA) is 112 Å². The van der Waals surface area contributed by atoms with Crippen LogP contribution in [-0.4, -0.2) is 23.0 Å². The van der Waals surface area contributed by atoms with Gasteiger partial charge in [0.1, 0.15) is 11.6 Å². The van der Waals surface area contributed by atoms with E-state index in [1.54, 1.807) is 38.1 Å². The molecule has 7 heteroatoms. The van der Waals surface area contributed by atoms with E-state index < -0.39 is 23.5 Å². The molecule has 0 bridgehead atoms. The zero-order valence-electron chi connectivity index (χ0n) is 15.5. The summed E-state index contributed by atoms with van der Waals surface area (Å²) < 4.78 is 5.18. The molecule has 1 heterocycles. The predicted molar refractivity (Wildman–Crippen MR) is 100 cm³/mol. The van der Waals surface area contributed by atoms with Gasteiger partial charge in [-0.1, -0.05) is 18.2 Å². The second-order valence-corrected chi connectivity index (χ2v) is 6.16. The van der Waals surface area contributed by atoms with E-state index in [1.165, 1.54) is 6.92 Å². The number of nitrogens with one attached hydrogen (secondary N) is 2. The van der Waals surface area contributed by atoms with Crippen LogP contribution < -0.4 is 10.9 Å². The average Bonchev–Trinajstić information content (AvgIpc) is 2.62. The van der Waals surface area contributed by atoms with Crippen LogP contribution in [0.4, 0.5) is 5.69 Å². The molecule has 0 aliphatic heterocycles. The number of benzene rings is 1. The van der Waals surface area contributed by atoms with E-state index in [2.05, 4.69) is 10.3 Å². The summed E-state index contributed by atoms with van der Waals surface area (Å²) in [6.07, 6.45) is -0.610. The van der Waals surface area contributed by atoms with Crippen LogP contribution in [0.15, 0.2) is 35.1 Å². The van der Waals surface area contributed by atoms with Gasteiger partial charge in [0.2, 0.25) is 0 Å². The van der Waals surface area contributed by atoms with Crippen molar-refractivity contribution in [3.05, 3.63) is 63.1 Å². The normalized spacial score (nSPS) is 11.3. The molecule has 1 aromatic carbocycles. The van der Waals surface area contributed by atoms with E-state index in [4.69, 9.17) is 10.00 Å². The van der Waals surface area contributed by atoms with Gasteiger partial charge in [0, 0.05) is 17.8 Å². The Bertz CT molecular complexity index is 942. The fourth-order valence-corrected chi connectivity index (χ4v) is 2.72. The van der Waals surface area contributed by atoms with E-state index in [9.17, 15) is 14.4 Å². The van der Waals surface area contributed by atoms with Crippen molar-refractivity contribution in [3.63, 3.8) is 0 Å². The summed E-state index contributed by atoms with van der Waals surface area (Å²) in [4.78, 5) is 38.5. The lowest BCUT2D eigenvalue weighted by molar-refractivity contribution is -0.153. The van der Waals surface area contributed by atoms with Crippen LogP contribution in [0.3, 0.4) is 0 Å². The molecule has 0 unspecified atom stereocenters. The number of carbonyl (C=O) groups excluding carboxylic acids is 2. The number of aromatic nitrogens is 1. The zero-order chi connectivity index (χ0) is 20.0. The first-order valence-corrected chi connectivity index (χ1v) is 8.51. The third-order valence-electron chi connectivity index (χ3n) is 4.22. The summed E-state index contributed by atoms with van der Waals surface area (Å²) in [5.74, 6) is -0.952. The molecule has 2 aromatic rings. The largest absolute Gasteiger partial charge is 0.453 e. The van der Waals surface area contributed by atoms with Gasteiger partial charge in [-0.3, -0.25) is 14.4 Å². The number of para-hydroxylation sites is 1. The van der Waals surface area contributed by atoms with Crippen molar-refractivity contribution < 1.29 is 14.3 Å². The molecule has 2 N–H and O–H groups in total. The molecule has 0 radical (unpaired) electrons. The smallest absolute Gasteiger partial charge is 0.306 e. The van der Waals surface area contributed by atoms with Crippen molar-refractivity contribution in [3.8, 4) is 6.07 Å². The van der Waals surface area contributed by atoms with Gasteiger partial charge in [-0.15, -0.1) is 0 Å². The van der Waals surface area contributed by atoms with Crippen LogP contribution in [0.5, 0.6) is 0 Å². The Morgan fingerprint density at radius 1 is 1.26 bits per heavy atom. The fraction of sp³-hybridized carbons (Fsp3) is 0.300. The minimum Gasteiger partial charge on any atom is -0.453 e.